The van der Waals surface area contributed by atoms with Crippen molar-refractivity contribution in [3.05, 3.63) is 46.1 Å². The molecule has 0 radical (unpaired) electrons. The molecule has 0 aliphatic carbocycles. The lowest BCUT2D eigenvalue weighted by Crippen LogP contribution is -2.44. The number of aromatic nitrogens is 3. The molecular weight excluding hydrogens is 506 g/mol. The van der Waals surface area contributed by atoms with Gasteiger partial charge in [-0.3, -0.25) is 9.36 Å². The number of hydrogen-bond donors (Lipinski definition) is 1. The van der Waals surface area contributed by atoms with Crippen molar-refractivity contribution < 1.29 is 22.7 Å². The van der Waals surface area contributed by atoms with E-state index in [2.05, 4.69) is 10.3 Å². The first-order chi connectivity index (χ1) is 16.7. The lowest BCUT2D eigenvalue weighted by molar-refractivity contribution is -0.137. The largest absolute Gasteiger partial charge is 0.417 e. The van der Waals surface area contributed by atoms with Gasteiger partial charge in [0.1, 0.15) is 5.82 Å². The van der Waals surface area contributed by atoms with Gasteiger partial charge in [-0.05, 0) is 43.5 Å². The summed E-state index contributed by atoms with van der Waals surface area (Å²) in [5.74, 6) is 0.679. The van der Waals surface area contributed by atoms with Crippen molar-refractivity contribution in [3.63, 3.8) is 0 Å². The number of piperidine rings is 1. The number of ether oxygens (including phenoxy) is 1. The Morgan fingerprint density at radius 2 is 1.86 bits per heavy atom. The van der Waals surface area contributed by atoms with Gasteiger partial charge < -0.3 is 15.0 Å². The summed E-state index contributed by atoms with van der Waals surface area (Å²) in [4.78, 5) is 23.5. The van der Waals surface area contributed by atoms with Crippen LogP contribution in [-0.4, -0.2) is 52.8 Å². The molecule has 1 unspecified atom stereocenters. The lowest BCUT2D eigenvalue weighted by atomic mass is 9.95. The number of alkyl halides is 3. The zero-order valence-corrected chi connectivity index (χ0v) is 20.0. The fourth-order valence-electron chi connectivity index (χ4n) is 4.49. The van der Waals surface area contributed by atoms with Crippen LogP contribution in [0, 0.1) is 5.92 Å². The van der Waals surface area contributed by atoms with Crippen molar-refractivity contribution in [2.24, 2.45) is 5.92 Å². The van der Waals surface area contributed by atoms with Crippen LogP contribution in [0.4, 0.5) is 19.1 Å². The van der Waals surface area contributed by atoms with E-state index in [0.717, 1.165) is 18.7 Å². The van der Waals surface area contributed by atoms with Crippen molar-refractivity contribution in [2.75, 3.05) is 31.2 Å². The molecule has 0 bridgehead atoms. The van der Waals surface area contributed by atoms with E-state index >= 15 is 0 Å². The van der Waals surface area contributed by atoms with Gasteiger partial charge in [-0.15, -0.1) is 0 Å². The number of amides is 1. The van der Waals surface area contributed by atoms with E-state index in [4.69, 9.17) is 32.9 Å². The number of rotatable bonds is 4. The molecule has 3 aromatic rings. The van der Waals surface area contributed by atoms with E-state index in [1.54, 1.807) is 16.7 Å². The minimum atomic E-state index is -4.49. The lowest BCUT2D eigenvalue weighted by Gasteiger charge is -2.32. The second kappa shape index (κ2) is 9.48. The number of imidazole rings is 1. The Hall–Kier alpha value is -2.56. The summed E-state index contributed by atoms with van der Waals surface area (Å²) >= 11 is 12.4. The molecule has 1 atom stereocenters. The van der Waals surface area contributed by atoms with E-state index in [1.165, 1.54) is 6.07 Å². The zero-order valence-electron chi connectivity index (χ0n) is 18.5. The molecule has 0 saturated carbocycles. The van der Waals surface area contributed by atoms with Gasteiger partial charge >= 0.3 is 6.18 Å². The van der Waals surface area contributed by atoms with E-state index < -0.39 is 11.7 Å². The van der Waals surface area contributed by atoms with E-state index in [9.17, 15) is 18.0 Å². The fourth-order valence-corrected chi connectivity index (χ4v) is 4.81. The molecule has 2 aromatic heterocycles. The summed E-state index contributed by atoms with van der Waals surface area (Å²) in [7, 11) is 0. The maximum absolute atomic E-state index is 13.1. The molecule has 12 heteroatoms. The molecule has 4 heterocycles. The summed E-state index contributed by atoms with van der Waals surface area (Å²) < 4.78 is 46.2. The van der Waals surface area contributed by atoms with Crippen molar-refractivity contribution >= 4 is 46.1 Å². The second-order valence-corrected chi connectivity index (χ2v) is 9.55. The maximum atomic E-state index is 13.1. The van der Waals surface area contributed by atoms with Crippen LogP contribution in [0.3, 0.4) is 0 Å². The average molecular weight is 528 g/mol. The second-order valence-electron chi connectivity index (χ2n) is 8.74. The van der Waals surface area contributed by atoms with Crippen LogP contribution in [-0.2, 0) is 15.7 Å². The highest BCUT2D eigenvalue weighted by molar-refractivity contribution is 6.42. The quantitative estimate of drug-likeness (QED) is 0.524. The Labute approximate surface area is 209 Å². The normalized spacial score (nSPS) is 19.5. The zero-order chi connectivity index (χ0) is 24.7. The predicted molar refractivity (Wildman–Crippen MR) is 126 cm³/mol. The van der Waals surface area contributed by atoms with Gasteiger partial charge in [0, 0.05) is 31.8 Å². The molecule has 2 fully saturated rings. The highest BCUT2D eigenvalue weighted by atomic mass is 35.5. The van der Waals surface area contributed by atoms with Crippen molar-refractivity contribution in [2.45, 2.75) is 31.5 Å². The molecule has 1 amide bonds. The SMILES string of the molecule is O=C(NC1CCOC1)C1CCN(c2nc3cc(Cl)c(Cl)cc3n2-c2ccc(C(F)(F)F)cn2)CC1. The van der Waals surface area contributed by atoms with Crippen molar-refractivity contribution in [1.29, 1.82) is 0 Å². The number of pyridine rings is 1. The number of fused-ring (bicyclic) bond motifs is 1. The predicted octanol–water partition coefficient (Wildman–Crippen LogP) is 4.87. The first-order valence-corrected chi connectivity index (χ1v) is 12.0. The van der Waals surface area contributed by atoms with Crippen molar-refractivity contribution in [1.82, 2.24) is 19.9 Å². The third-order valence-corrected chi connectivity index (χ3v) is 7.13. The molecule has 0 spiro atoms. The monoisotopic (exact) mass is 527 g/mol. The van der Waals surface area contributed by atoms with Crippen LogP contribution in [0.15, 0.2) is 30.5 Å². The molecular formula is C23H22Cl2F3N5O2. The van der Waals surface area contributed by atoms with E-state index in [-0.39, 0.29) is 23.7 Å². The van der Waals surface area contributed by atoms with Crippen molar-refractivity contribution in [3.8, 4) is 5.82 Å². The summed E-state index contributed by atoms with van der Waals surface area (Å²) in [5.41, 5.74) is 0.271. The number of benzene rings is 1. The van der Waals surface area contributed by atoms with Crippen LogP contribution >= 0.6 is 23.2 Å². The topological polar surface area (TPSA) is 72.3 Å². The number of carbonyl (C=O) groups is 1. The van der Waals surface area contributed by atoms with Gasteiger partial charge in [-0.1, -0.05) is 23.2 Å². The molecule has 186 valence electrons. The third kappa shape index (κ3) is 4.92. The van der Waals surface area contributed by atoms with Crippen LogP contribution < -0.4 is 10.2 Å². The van der Waals surface area contributed by atoms with E-state index in [1.807, 2.05) is 4.90 Å². The minimum Gasteiger partial charge on any atom is -0.379 e. The molecule has 1 N–H and O–H groups in total. The Kier molecular flexibility index (Phi) is 6.54. The molecule has 2 saturated heterocycles. The summed E-state index contributed by atoms with van der Waals surface area (Å²) in [6.07, 6.45) is -1.64. The van der Waals surface area contributed by atoms with E-state index in [0.29, 0.717) is 66.2 Å². The Morgan fingerprint density at radius 1 is 1.11 bits per heavy atom. The summed E-state index contributed by atoms with van der Waals surface area (Å²) in [6, 6.07) is 5.59. The molecule has 1 aromatic carbocycles. The summed E-state index contributed by atoms with van der Waals surface area (Å²) in [5, 5.41) is 3.67. The number of nitrogens with zero attached hydrogens (tertiary/aromatic N) is 4. The van der Waals surface area contributed by atoms with Gasteiger partial charge in [0.25, 0.3) is 0 Å². The number of carbonyl (C=O) groups excluding carboxylic acids is 1. The van der Waals surface area contributed by atoms with Gasteiger partial charge in [-0.25, -0.2) is 9.97 Å². The van der Waals surface area contributed by atoms with Crippen LogP contribution in [0.5, 0.6) is 0 Å². The summed E-state index contributed by atoms with van der Waals surface area (Å²) in [6.45, 7) is 2.29. The van der Waals surface area contributed by atoms with Gasteiger partial charge in [0.15, 0.2) is 0 Å². The third-order valence-electron chi connectivity index (χ3n) is 6.41. The van der Waals surface area contributed by atoms with Crippen LogP contribution in [0.1, 0.15) is 24.8 Å². The molecule has 2 aliphatic rings. The van der Waals surface area contributed by atoms with Gasteiger partial charge in [0.05, 0.1) is 39.3 Å². The van der Waals surface area contributed by atoms with Crippen LogP contribution in [0.2, 0.25) is 10.0 Å². The average Bonchev–Trinajstić information content (AvgIpc) is 3.47. The maximum Gasteiger partial charge on any atom is 0.417 e. The number of anilines is 1. The molecule has 7 nitrogen and oxygen atoms in total. The standard InChI is InChI=1S/C23H22Cl2F3N5O2/c24-16-9-18-19(10-17(16)25)33(20-2-1-14(11-29-20)23(26,27)28)22(31-18)32-6-3-13(4-7-32)21(34)30-15-5-8-35-12-15/h1-2,9-11,13,15H,3-8,12H2,(H,30,34). The minimum absolute atomic E-state index is 0.0247. The highest BCUT2D eigenvalue weighted by Gasteiger charge is 2.32. The smallest absolute Gasteiger partial charge is 0.379 e. The molecule has 2 aliphatic heterocycles. The van der Waals surface area contributed by atoms with Gasteiger partial charge in [-0.2, -0.15) is 13.2 Å². The first kappa shape index (κ1) is 24.1. The number of nitrogens with one attached hydrogen (secondary N) is 1. The molecule has 5 rings (SSSR count). The van der Waals surface area contributed by atoms with Crippen LogP contribution in [0.25, 0.3) is 16.9 Å². The Bertz CT molecular complexity index is 1230. The molecule has 35 heavy (non-hydrogen) atoms. The fraction of sp³-hybridized carbons (Fsp3) is 0.435. The van der Waals surface area contributed by atoms with Gasteiger partial charge in [0.2, 0.25) is 11.9 Å². The number of hydrogen-bond acceptors (Lipinski definition) is 5. The number of halogens is 5. The highest BCUT2D eigenvalue weighted by Crippen LogP contribution is 2.35. The Balaban J connectivity index is 1.43. The first-order valence-electron chi connectivity index (χ1n) is 11.2. The Morgan fingerprint density at radius 3 is 2.49 bits per heavy atom.